The molecule has 12 aromatic heterocycles. The van der Waals surface area contributed by atoms with Crippen LogP contribution in [0.5, 0.6) is 34.5 Å². The predicted molar refractivity (Wildman–Crippen MR) is 399 cm³/mol. The van der Waals surface area contributed by atoms with Crippen molar-refractivity contribution in [2.45, 2.75) is 26.2 Å². The standard InChI is InChI=1S/C17H16ClNO.C13H8BrNO.3C13H8ClNO.C13H8FNO.6ClH/c1-2-3-7-12-15-10-4-5-11-19(15)16-13(17(12)20)8-6-9-14(16)18;14-9-4-5-12-11(7-9)13(16)8-10-3-1-2-6-15(10)12;14-10-5-3-6-11-13(10)12(16)8-9-4-1-2-7-15(9)11;14-9-4-5-12-11(7-9)13(16)8-10-3-1-2-6-15(10)12;2*14-9-4-5-11-12(7-9)15-6-2-1-3-10(15)8-13(11)16;;;;;;/h4-6,8-11H,2-3,7H2,1H3;5*1-8H;6*1H. The minimum Gasteiger partial charge on any atom is -1.00 e. The van der Waals surface area contributed by atoms with E-state index in [-0.39, 0.29) is 103 Å². The molecule has 106 heavy (non-hydrogen) atoms. The largest absolute Gasteiger partial charge is 1.00 e. The van der Waals surface area contributed by atoms with Crippen molar-refractivity contribution in [1.82, 2.24) is 0 Å². The van der Waals surface area contributed by atoms with E-state index < -0.39 is 0 Å². The van der Waals surface area contributed by atoms with Gasteiger partial charge < -0.3 is 105 Å². The zero-order valence-corrected chi connectivity index (χ0v) is 64.8. The molecule has 0 amide bonds. The lowest BCUT2D eigenvalue weighted by molar-refractivity contribution is -0.482. The average Bonchev–Trinajstić information content (AvgIpc) is 0.719. The fourth-order valence-electron chi connectivity index (χ4n) is 12.4. The first-order chi connectivity index (χ1) is 48.5. The number of aromatic hydroxyl groups is 6. The summed E-state index contributed by atoms with van der Waals surface area (Å²) in [7, 11) is 0. The smallest absolute Gasteiger partial charge is 0.240 e. The zero-order valence-electron chi connectivity index (χ0n) is 55.7. The molecule has 18 rings (SSSR count). The Balaban J connectivity index is 0.000000176. The molecule has 12 heterocycles. The van der Waals surface area contributed by atoms with Gasteiger partial charge in [-0.05, 0) is 116 Å². The Bertz CT molecular complexity index is 5920. The average molecular weight is 1680 g/mol. The molecule has 24 heteroatoms. The van der Waals surface area contributed by atoms with Crippen molar-refractivity contribution in [3.63, 3.8) is 0 Å². The van der Waals surface area contributed by atoms with Crippen molar-refractivity contribution in [1.29, 1.82) is 0 Å². The van der Waals surface area contributed by atoms with Gasteiger partial charge in [0, 0.05) is 118 Å². The number of pyridine rings is 12. The highest BCUT2D eigenvalue weighted by molar-refractivity contribution is 9.10. The van der Waals surface area contributed by atoms with Crippen LogP contribution in [-0.2, 0) is 6.42 Å². The molecular formula is C82H62BrCl10FN6O6. The molecular weight excluding hydrogens is 1620 g/mol. The quantitative estimate of drug-likeness (QED) is 0.113. The summed E-state index contributed by atoms with van der Waals surface area (Å²) in [5.41, 5.74) is 12.0. The SMILES string of the molecule is CCCCc1c(O)c2cccc(Cl)c2[n+]2ccccc12.Oc1cc2cccc[n+]2c2cc(Cl)ccc12.Oc1cc2cccc[n+]2c2cc(F)ccc12.Oc1cc2cccc[n+]2c2ccc(Br)cc12.Oc1cc2cccc[n+]2c2ccc(Cl)cc12.Oc1cc2cccc[n+]2c2cccc(Cl)c12.[Cl-].[Cl-].[Cl-].[Cl-].[Cl-].[Cl-]. The molecule has 0 aliphatic carbocycles. The van der Waals surface area contributed by atoms with Gasteiger partial charge in [-0.1, -0.05) is 87.8 Å². The molecule has 0 saturated carbocycles. The number of benzene rings is 6. The van der Waals surface area contributed by atoms with Crippen molar-refractivity contribution in [2.24, 2.45) is 0 Å². The summed E-state index contributed by atoms with van der Waals surface area (Å²) in [5, 5.41) is 67.2. The number of hydrogen-bond acceptors (Lipinski definition) is 6. The van der Waals surface area contributed by atoms with Gasteiger partial charge >= 0.3 is 0 Å². The summed E-state index contributed by atoms with van der Waals surface area (Å²) in [6, 6.07) is 76.1. The first-order valence-electron chi connectivity index (χ1n) is 31.8. The molecule has 6 aromatic carbocycles. The van der Waals surface area contributed by atoms with Gasteiger partial charge in [-0.2, -0.15) is 26.4 Å². The fourth-order valence-corrected chi connectivity index (χ4v) is 13.7. The third-order valence-electron chi connectivity index (χ3n) is 17.1. The maximum absolute atomic E-state index is 13.2. The molecule has 0 atom stereocenters. The van der Waals surface area contributed by atoms with Crippen molar-refractivity contribution >= 4 is 161 Å². The van der Waals surface area contributed by atoms with Gasteiger partial charge in [0.25, 0.3) is 0 Å². The summed E-state index contributed by atoms with van der Waals surface area (Å²) in [6.07, 6.45) is 14.7. The third kappa shape index (κ3) is 17.7. The molecule has 0 bridgehead atoms. The van der Waals surface area contributed by atoms with Crippen molar-refractivity contribution in [3.05, 3.63) is 322 Å². The first-order valence-corrected chi connectivity index (χ1v) is 34.1. The van der Waals surface area contributed by atoms with Crippen molar-refractivity contribution in [2.75, 3.05) is 0 Å². The molecule has 12 nitrogen and oxygen atoms in total. The Morgan fingerprint density at radius 1 is 0.330 bits per heavy atom. The number of para-hydroxylation sites is 1. The van der Waals surface area contributed by atoms with Crippen LogP contribution >= 0.6 is 62.3 Å². The van der Waals surface area contributed by atoms with E-state index in [1.165, 1.54) is 12.1 Å². The van der Waals surface area contributed by atoms with Crippen molar-refractivity contribution < 1.29 is 136 Å². The van der Waals surface area contributed by atoms with E-state index in [9.17, 15) is 35.0 Å². The van der Waals surface area contributed by atoms with E-state index in [1.54, 1.807) is 54.6 Å². The van der Waals surface area contributed by atoms with Gasteiger partial charge in [0.2, 0.25) is 66.2 Å². The van der Waals surface area contributed by atoms with Crippen LogP contribution in [0.1, 0.15) is 25.3 Å². The van der Waals surface area contributed by atoms with Gasteiger partial charge in [0.05, 0.1) is 67.8 Å². The molecule has 0 saturated heterocycles. The lowest BCUT2D eigenvalue weighted by Crippen LogP contribution is -3.00. The van der Waals surface area contributed by atoms with Crippen molar-refractivity contribution in [3.8, 4) is 34.5 Å². The molecule has 6 N–H and O–H groups in total. The van der Waals surface area contributed by atoms with E-state index in [1.807, 2.05) is 237 Å². The summed E-state index contributed by atoms with van der Waals surface area (Å²) in [4.78, 5) is 0. The van der Waals surface area contributed by atoms with Crippen LogP contribution in [0.15, 0.2) is 290 Å². The van der Waals surface area contributed by atoms with Gasteiger partial charge in [-0.3, -0.25) is 0 Å². The van der Waals surface area contributed by atoms with Crippen LogP contribution in [0, 0.1) is 5.82 Å². The van der Waals surface area contributed by atoms with Crippen LogP contribution in [0.4, 0.5) is 4.39 Å². The minimum atomic E-state index is -0.309. The van der Waals surface area contributed by atoms with Gasteiger partial charge in [-0.25, -0.2) is 4.39 Å². The fraction of sp³-hybridized carbons (Fsp3) is 0.0488. The molecule has 0 aliphatic rings. The highest BCUT2D eigenvalue weighted by Gasteiger charge is 2.23. The third-order valence-corrected chi connectivity index (χ3v) is 18.7. The number of unbranched alkanes of at least 4 members (excludes halogenated alkanes) is 1. The Morgan fingerprint density at radius 2 is 0.726 bits per heavy atom. The topological polar surface area (TPSA) is 146 Å². The number of fused-ring (bicyclic) bond motifs is 18. The normalized spacial score (nSPS) is 10.5. The van der Waals surface area contributed by atoms with E-state index in [0.29, 0.717) is 47.9 Å². The Kier molecular flexibility index (Phi) is 29.6. The lowest BCUT2D eigenvalue weighted by Gasteiger charge is -2.08. The summed E-state index contributed by atoms with van der Waals surface area (Å²) < 4.78 is 26.2. The highest BCUT2D eigenvalue weighted by Crippen LogP contribution is 2.35. The van der Waals surface area contributed by atoms with E-state index in [4.69, 9.17) is 46.4 Å². The molecule has 0 spiro atoms. The molecule has 0 fully saturated rings. The zero-order chi connectivity index (χ0) is 69.7. The Labute approximate surface area is 673 Å². The van der Waals surface area contributed by atoms with Gasteiger partial charge in [0.1, 0.15) is 50.7 Å². The predicted octanol–water partition coefficient (Wildman–Crippen LogP) is 0.586. The number of nitrogens with zero attached hydrogens (tertiary/aromatic N) is 6. The highest BCUT2D eigenvalue weighted by atomic mass is 79.9. The van der Waals surface area contributed by atoms with Crippen LogP contribution < -0.4 is 101 Å². The summed E-state index contributed by atoms with van der Waals surface area (Å²) in [6.45, 7) is 2.16. The van der Waals surface area contributed by atoms with E-state index in [2.05, 4.69) is 31.7 Å². The van der Waals surface area contributed by atoms with Crippen LogP contribution in [-0.4, -0.2) is 30.6 Å². The monoisotopic (exact) mass is 1670 g/mol. The van der Waals surface area contributed by atoms with Crippen LogP contribution in [0.3, 0.4) is 0 Å². The second-order valence-corrected chi connectivity index (χ2v) is 26.0. The summed E-state index contributed by atoms with van der Waals surface area (Å²) in [5.74, 6) is 1.27. The number of aryl methyl sites for hydroxylation is 1. The van der Waals surface area contributed by atoms with E-state index >= 15 is 0 Å². The molecule has 18 aromatic rings. The van der Waals surface area contributed by atoms with Crippen LogP contribution in [0.25, 0.3) is 98.5 Å². The maximum Gasteiger partial charge on any atom is 0.240 e. The van der Waals surface area contributed by atoms with Crippen LogP contribution in [0.2, 0.25) is 20.1 Å². The Morgan fingerprint density at radius 3 is 1.25 bits per heavy atom. The van der Waals surface area contributed by atoms with Gasteiger partial charge in [0.15, 0.2) is 37.2 Å². The lowest BCUT2D eigenvalue weighted by atomic mass is 10.0. The number of hydrogen-bond donors (Lipinski definition) is 6. The number of rotatable bonds is 3. The Hall–Kier alpha value is -9.23. The second-order valence-electron chi connectivity index (χ2n) is 23.4. The number of aromatic nitrogens is 6. The molecule has 540 valence electrons. The first kappa shape index (κ1) is 84.0. The van der Waals surface area contributed by atoms with E-state index in [0.717, 1.165) is 112 Å². The molecule has 0 unspecified atom stereocenters. The maximum atomic E-state index is 13.2. The van der Waals surface area contributed by atoms with Gasteiger partial charge in [-0.15, -0.1) is 0 Å². The number of halogens is 12. The summed E-state index contributed by atoms with van der Waals surface area (Å²) >= 11 is 27.7. The minimum absolute atomic E-state index is 0. The second kappa shape index (κ2) is 37.3. The molecule has 0 aliphatic heterocycles. The molecule has 0 radical (unpaired) electrons.